The number of amides is 2. The van der Waals surface area contributed by atoms with E-state index in [2.05, 4.69) is 5.32 Å². The van der Waals surface area contributed by atoms with E-state index in [4.69, 9.17) is 4.42 Å². The van der Waals surface area contributed by atoms with Gasteiger partial charge in [-0.3, -0.25) is 9.59 Å². The molecule has 0 saturated heterocycles. The summed E-state index contributed by atoms with van der Waals surface area (Å²) in [4.78, 5) is 26.1. The molecule has 22 heavy (non-hydrogen) atoms. The summed E-state index contributed by atoms with van der Waals surface area (Å²) in [5.41, 5.74) is 0. The molecular formula is C17H26N2O3. The van der Waals surface area contributed by atoms with Gasteiger partial charge in [0.15, 0.2) is 5.76 Å². The first kappa shape index (κ1) is 16.6. The van der Waals surface area contributed by atoms with Gasteiger partial charge in [0.2, 0.25) is 5.91 Å². The molecule has 0 aliphatic heterocycles. The van der Waals surface area contributed by atoms with E-state index in [1.807, 2.05) is 11.8 Å². The first-order valence-electron chi connectivity index (χ1n) is 8.33. The molecule has 1 fully saturated rings. The topological polar surface area (TPSA) is 62.6 Å². The van der Waals surface area contributed by atoms with Crippen LogP contribution in [0.25, 0.3) is 0 Å². The third-order valence-corrected chi connectivity index (χ3v) is 4.27. The zero-order chi connectivity index (χ0) is 15.8. The molecule has 1 aromatic rings. The van der Waals surface area contributed by atoms with E-state index in [9.17, 15) is 9.59 Å². The predicted octanol–water partition coefficient (Wildman–Crippen LogP) is 2.97. The molecule has 5 heteroatoms. The van der Waals surface area contributed by atoms with Gasteiger partial charge in [-0.1, -0.05) is 19.3 Å². The smallest absolute Gasteiger partial charge is 0.286 e. The Bertz CT molecular complexity index is 464. The van der Waals surface area contributed by atoms with E-state index >= 15 is 0 Å². The number of hydrogen-bond donors (Lipinski definition) is 1. The van der Waals surface area contributed by atoms with Gasteiger partial charge in [-0.2, -0.15) is 0 Å². The number of nitrogens with one attached hydrogen (secondary N) is 1. The number of carbonyl (C=O) groups is 2. The van der Waals surface area contributed by atoms with Crippen molar-refractivity contribution in [2.24, 2.45) is 0 Å². The lowest BCUT2D eigenvalue weighted by atomic mass is 9.94. The Morgan fingerprint density at radius 3 is 2.73 bits per heavy atom. The first-order chi connectivity index (χ1) is 10.7. The Morgan fingerprint density at radius 1 is 1.32 bits per heavy atom. The van der Waals surface area contributed by atoms with Crippen molar-refractivity contribution in [3.05, 3.63) is 24.2 Å². The number of nitrogens with zero attached hydrogens (tertiary/aromatic N) is 1. The number of carbonyl (C=O) groups excluding carboxylic acids is 2. The van der Waals surface area contributed by atoms with E-state index in [1.54, 1.807) is 12.1 Å². The van der Waals surface area contributed by atoms with Crippen LogP contribution in [0.3, 0.4) is 0 Å². The predicted molar refractivity (Wildman–Crippen MR) is 84.5 cm³/mol. The Labute approximate surface area is 132 Å². The van der Waals surface area contributed by atoms with E-state index in [-0.39, 0.29) is 11.8 Å². The maximum Gasteiger partial charge on any atom is 0.286 e. The van der Waals surface area contributed by atoms with Gasteiger partial charge >= 0.3 is 0 Å². The Hall–Kier alpha value is -1.78. The molecule has 1 aliphatic carbocycles. The molecule has 122 valence electrons. The van der Waals surface area contributed by atoms with Crippen molar-refractivity contribution < 1.29 is 14.0 Å². The Morgan fingerprint density at radius 2 is 2.09 bits per heavy atom. The van der Waals surface area contributed by atoms with Gasteiger partial charge in [0.25, 0.3) is 5.91 Å². The highest BCUT2D eigenvalue weighted by atomic mass is 16.3. The SMILES string of the molecule is CCN(C(=O)CCCNC(=O)c1ccco1)C1CCCCC1. The van der Waals surface area contributed by atoms with E-state index in [0.717, 1.165) is 19.4 Å². The average molecular weight is 306 g/mol. The molecule has 1 heterocycles. The van der Waals surface area contributed by atoms with Crippen LogP contribution < -0.4 is 5.32 Å². The minimum Gasteiger partial charge on any atom is -0.459 e. The van der Waals surface area contributed by atoms with Gasteiger partial charge in [-0.15, -0.1) is 0 Å². The molecule has 1 aliphatic rings. The summed E-state index contributed by atoms with van der Waals surface area (Å²) in [6, 6.07) is 3.73. The molecule has 0 atom stereocenters. The molecule has 2 amide bonds. The maximum absolute atomic E-state index is 12.3. The molecular weight excluding hydrogens is 280 g/mol. The van der Waals surface area contributed by atoms with E-state index in [0.29, 0.717) is 31.2 Å². The van der Waals surface area contributed by atoms with Crippen LogP contribution in [0, 0.1) is 0 Å². The van der Waals surface area contributed by atoms with Crippen LogP contribution >= 0.6 is 0 Å². The average Bonchev–Trinajstić information content (AvgIpc) is 3.07. The molecule has 1 saturated carbocycles. The minimum absolute atomic E-state index is 0.210. The van der Waals surface area contributed by atoms with Crippen LogP contribution in [0.5, 0.6) is 0 Å². The lowest BCUT2D eigenvalue weighted by molar-refractivity contribution is -0.134. The molecule has 0 bridgehead atoms. The molecule has 0 spiro atoms. The Balaban J connectivity index is 1.68. The maximum atomic E-state index is 12.3. The third kappa shape index (κ3) is 4.61. The molecule has 5 nitrogen and oxygen atoms in total. The summed E-state index contributed by atoms with van der Waals surface area (Å²) in [6.45, 7) is 3.32. The van der Waals surface area contributed by atoms with Crippen LogP contribution in [0.4, 0.5) is 0 Å². The molecule has 1 N–H and O–H groups in total. The highest BCUT2D eigenvalue weighted by Crippen LogP contribution is 2.23. The standard InChI is InChI=1S/C17H26N2O3/c1-2-19(14-8-4-3-5-9-14)16(20)11-6-12-18-17(21)15-10-7-13-22-15/h7,10,13-14H,2-6,8-9,11-12H2,1H3,(H,18,21). The fourth-order valence-corrected chi connectivity index (χ4v) is 3.11. The van der Waals surface area contributed by atoms with Gasteiger partial charge in [-0.05, 0) is 38.3 Å². The highest BCUT2D eigenvalue weighted by molar-refractivity contribution is 5.91. The summed E-state index contributed by atoms with van der Waals surface area (Å²) in [5.74, 6) is 0.294. The van der Waals surface area contributed by atoms with Crippen molar-refractivity contribution in [3.63, 3.8) is 0 Å². The van der Waals surface area contributed by atoms with Crippen molar-refractivity contribution in [1.82, 2.24) is 10.2 Å². The van der Waals surface area contributed by atoms with Crippen LogP contribution in [0.15, 0.2) is 22.8 Å². The number of furan rings is 1. The van der Waals surface area contributed by atoms with Gasteiger partial charge in [0.05, 0.1) is 6.26 Å². The fraction of sp³-hybridized carbons (Fsp3) is 0.647. The molecule has 2 rings (SSSR count). The van der Waals surface area contributed by atoms with Gasteiger partial charge < -0.3 is 14.6 Å². The van der Waals surface area contributed by atoms with E-state index in [1.165, 1.54) is 25.5 Å². The summed E-state index contributed by atoms with van der Waals surface area (Å²) < 4.78 is 5.02. The first-order valence-corrected chi connectivity index (χ1v) is 8.33. The summed E-state index contributed by atoms with van der Waals surface area (Å²) >= 11 is 0. The summed E-state index contributed by atoms with van der Waals surface area (Å²) in [5, 5.41) is 2.77. The number of hydrogen-bond acceptors (Lipinski definition) is 3. The second-order valence-electron chi connectivity index (χ2n) is 5.81. The Kier molecular flexibility index (Phi) is 6.49. The van der Waals surface area contributed by atoms with Crippen molar-refractivity contribution in [2.75, 3.05) is 13.1 Å². The lowest BCUT2D eigenvalue weighted by Gasteiger charge is -2.33. The van der Waals surface area contributed by atoms with Crippen LogP contribution in [0.2, 0.25) is 0 Å². The lowest BCUT2D eigenvalue weighted by Crippen LogP contribution is -2.41. The van der Waals surface area contributed by atoms with E-state index < -0.39 is 0 Å². The molecule has 1 aromatic heterocycles. The van der Waals surface area contributed by atoms with Gasteiger partial charge in [-0.25, -0.2) is 0 Å². The monoisotopic (exact) mass is 306 g/mol. The zero-order valence-electron chi connectivity index (χ0n) is 13.3. The van der Waals surface area contributed by atoms with Crippen LogP contribution in [-0.2, 0) is 4.79 Å². The van der Waals surface area contributed by atoms with Crippen molar-refractivity contribution >= 4 is 11.8 Å². The quantitative estimate of drug-likeness (QED) is 0.788. The summed E-state index contributed by atoms with van der Waals surface area (Å²) in [6.07, 6.45) is 8.64. The molecule has 0 aromatic carbocycles. The molecule has 0 unspecified atom stereocenters. The summed E-state index contributed by atoms with van der Waals surface area (Å²) in [7, 11) is 0. The second-order valence-corrected chi connectivity index (χ2v) is 5.81. The largest absolute Gasteiger partial charge is 0.459 e. The van der Waals surface area contributed by atoms with Gasteiger partial charge in [0.1, 0.15) is 0 Å². The minimum atomic E-state index is -0.225. The van der Waals surface area contributed by atoms with Crippen LogP contribution in [-0.4, -0.2) is 35.8 Å². The third-order valence-electron chi connectivity index (χ3n) is 4.27. The van der Waals surface area contributed by atoms with Gasteiger partial charge in [0, 0.05) is 25.6 Å². The van der Waals surface area contributed by atoms with Crippen LogP contribution in [0.1, 0.15) is 62.4 Å². The fourth-order valence-electron chi connectivity index (χ4n) is 3.11. The highest BCUT2D eigenvalue weighted by Gasteiger charge is 2.23. The van der Waals surface area contributed by atoms with Crippen molar-refractivity contribution in [2.45, 2.75) is 57.9 Å². The number of rotatable bonds is 7. The second kappa shape index (κ2) is 8.61. The zero-order valence-corrected chi connectivity index (χ0v) is 13.3. The molecule has 0 radical (unpaired) electrons. The van der Waals surface area contributed by atoms with Crippen molar-refractivity contribution in [1.29, 1.82) is 0 Å². The normalized spacial score (nSPS) is 15.5. The van der Waals surface area contributed by atoms with Crippen molar-refractivity contribution in [3.8, 4) is 0 Å².